The van der Waals surface area contributed by atoms with Crippen molar-refractivity contribution in [2.24, 2.45) is 4.99 Å². The Bertz CT molecular complexity index is 1380. The van der Waals surface area contributed by atoms with Crippen molar-refractivity contribution in [1.82, 2.24) is 4.57 Å². The SMILES string of the molecule is O=C([O-])c1ccccc1N=Cc1c(O)n(-c2cccc(Cl)c2)c(=O)c2ccccc12. The number of aromatic nitrogens is 1. The number of aliphatic imine (C=N–C) groups is 1. The van der Waals surface area contributed by atoms with Gasteiger partial charge in [0.05, 0.1) is 22.9 Å². The van der Waals surface area contributed by atoms with Crippen molar-refractivity contribution < 1.29 is 15.0 Å². The molecular formula is C23H14ClN2O4-. The molecule has 0 aliphatic carbocycles. The van der Waals surface area contributed by atoms with E-state index in [-0.39, 0.29) is 22.7 Å². The quantitative estimate of drug-likeness (QED) is 0.514. The first-order chi connectivity index (χ1) is 14.5. The lowest BCUT2D eigenvalue weighted by atomic mass is 10.1. The average molecular weight is 418 g/mol. The summed E-state index contributed by atoms with van der Waals surface area (Å²) in [5, 5.41) is 23.6. The van der Waals surface area contributed by atoms with Crippen LogP contribution in [0.5, 0.6) is 5.88 Å². The molecule has 1 N–H and O–H groups in total. The standard InChI is InChI=1S/C23H15ClN2O4/c24-14-6-5-7-15(12-14)26-21(27)17-9-2-1-8-16(17)19(22(26)28)13-25-20-11-4-3-10-18(20)23(29)30/h1-13,28H,(H,29,30)/p-1. The van der Waals surface area contributed by atoms with Gasteiger partial charge in [-0.1, -0.05) is 54.1 Å². The van der Waals surface area contributed by atoms with Crippen LogP contribution < -0.4 is 10.7 Å². The normalized spacial score (nSPS) is 11.2. The van der Waals surface area contributed by atoms with E-state index >= 15 is 0 Å². The molecule has 1 aromatic heterocycles. The summed E-state index contributed by atoms with van der Waals surface area (Å²) in [7, 11) is 0. The molecule has 0 bridgehead atoms. The average Bonchev–Trinajstić information content (AvgIpc) is 2.74. The first-order valence-electron chi connectivity index (χ1n) is 8.94. The number of carbonyl (C=O) groups excluding carboxylic acids is 1. The number of hydrogen-bond acceptors (Lipinski definition) is 5. The lowest BCUT2D eigenvalue weighted by molar-refractivity contribution is -0.254. The zero-order valence-electron chi connectivity index (χ0n) is 15.4. The van der Waals surface area contributed by atoms with E-state index in [1.165, 1.54) is 18.3 Å². The third-order valence-electron chi connectivity index (χ3n) is 4.63. The lowest BCUT2D eigenvalue weighted by Gasteiger charge is -2.14. The molecule has 0 saturated heterocycles. The van der Waals surface area contributed by atoms with Gasteiger partial charge in [0.25, 0.3) is 5.56 Å². The van der Waals surface area contributed by atoms with Crippen LogP contribution in [0.15, 0.2) is 82.6 Å². The number of benzene rings is 3. The fraction of sp³-hybridized carbons (Fsp3) is 0. The molecule has 4 aromatic rings. The van der Waals surface area contributed by atoms with E-state index in [0.717, 1.165) is 4.57 Å². The van der Waals surface area contributed by atoms with Crippen LogP contribution >= 0.6 is 11.6 Å². The highest BCUT2D eigenvalue weighted by molar-refractivity contribution is 6.30. The minimum Gasteiger partial charge on any atom is -0.545 e. The van der Waals surface area contributed by atoms with Crippen LogP contribution in [0.2, 0.25) is 5.02 Å². The van der Waals surface area contributed by atoms with Gasteiger partial charge in [-0.3, -0.25) is 9.79 Å². The summed E-state index contributed by atoms with van der Waals surface area (Å²) in [6.07, 6.45) is 1.33. The van der Waals surface area contributed by atoms with Gasteiger partial charge in [0, 0.05) is 27.6 Å². The van der Waals surface area contributed by atoms with Crippen LogP contribution in [0.3, 0.4) is 0 Å². The molecule has 6 nitrogen and oxygen atoms in total. The maximum Gasteiger partial charge on any atom is 0.265 e. The summed E-state index contributed by atoms with van der Waals surface area (Å²) in [4.78, 5) is 28.6. The summed E-state index contributed by atoms with van der Waals surface area (Å²) >= 11 is 6.06. The Morgan fingerprint density at radius 3 is 2.43 bits per heavy atom. The van der Waals surface area contributed by atoms with Gasteiger partial charge in [-0.25, -0.2) is 4.57 Å². The number of aromatic carboxylic acids is 1. The molecule has 0 atom stereocenters. The van der Waals surface area contributed by atoms with E-state index < -0.39 is 11.5 Å². The number of aromatic hydroxyl groups is 1. The van der Waals surface area contributed by atoms with E-state index in [1.807, 2.05) is 0 Å². The molecule has 0 aliphatic heterocycles. The largest absolute Gasteiger partial charge is 0.545 e. The highest BCUT2D eigenvalue weighted by Gasteiger charge is 2.16. The molecular weight excluding hydrogens is 404 g/mol. The number of fused-ring (bicyclic) bond motifs is 1. The van der Waals surface area contributed by atoms with Gasteiger partial charge in [-0.05, 0) is 30.3 Å². The summed E-state index contributed by atoms with van der Waals surface area (Å²) in [6.45, 7) is 0. The van der Waals surface area contributed by atoms with E-state index in [2.05, 4.69) is 4.99 Å². The van der Waals surface area contributed by atoms with Crippen molar-refractivity contribution in [1.29, 1.82) is 0 Å². The smallest absolute Gasteiger partial charge is 0.265 e. The third-order valence-corrected chi connectivity index (χ3v) is 4.86. The van der Waals surface area contributed by atoms with Gasteiger partial charge in [0.1, 0.15) is 0 Å². The van der Waals surface area contributed by atoms with E-state index in [4.69, 9.17) is 11.6 Å². The molecule has 30 heavy (non-hydrogen) atoms. The molecule has 0 aliphatic rings. The van der Waals surface area contributed by atoms with E-state index in [0.29, 0.717) is 21.5 Å². The molecule has 0 unspecified atom stereocenters. The van der Waals surface area contributed by atoms with Crippen molar-refractivity contribution in [3.8, 4) is 11.6 Å². The van der Waals surface area contributed by atoms with Crippen LogP contribution in [-0.2, 0) is 0 Å². The second-order valence-corrected chi connectivity index (χ2v) is 6.90. The minimum atomic E-state index is -1.36. The molecule has 148 valence electrons. The molecule has 0 fully saturated rings. The van der Waals surface area contributed by atoms with Crippen molar-refractivity contribution >= 4 is 40.2 Å². The van der Waals surface area contributed by atoms with Crippen LogP contribution in [0.1, 0.15) is 15.9 Å². The van der Waals surface area contributed by atoms with Gasteiger partial charge in [0.15, 0.2) is 0 Å². The second-order valence-electron chi connectivity index (χ2n) is 6.47. The fourth-order valence-electron chi connectivity index (χ4n) is 3.24. The first kappa shape index (κ1) is 19.4. The number of carboxylic acids is 1. The summed E-state index contributed by atoms with van der Waals surface area (Å²) in [5.74, 6) is -1.70. The molecule has 4 rings (SSSR count). The molecule has 0 spiro atoms. The van der Waals surface area contributed by atoms with Crippen LogP contribution in [-0.4, -0.2) is 21.9 Å². The highest BCUT2D eigenvalue weighted by atomic mass is 35.5. The molecule has 0 radical (unpaired) electrons. The molecule has 1 heterocycles. The number of para-hydroxylation sites is 1. The number of halogens is 1. The highest BCUT2D eigenvalue weighted by Crippen LogP contribution is 2.28. The topological polar surface area (TPSA) is 94.7 Å². The minimum absolute atomic E-state index is 0.0827. The number of hydrogen-bond donors (Lipinski definition) is 1. The van der Waals surface area contributed by atoms with Crippen molar-refractivity contribution in [2.75, 3.05) is 0 Å². The van der Waals surface area contributed by atoms with Crippen molar-refractivity contribution in [3.05, 3.63) is 99.3 Å². The molecule has 0 saturated carbocycles. The van der Waals surface area contributed by atoms with Gasteiger partial charge < -0.3 is 15.0 Å². The van der Waals surface area contributed by atoms with E-state index in [1.54, 1.807) is 60.7 Å². The lowest BCUT2D eigenvalue weighted by Crippen LogP contribution is -2.22. The number of rotatable bonds is 4. The predicted octanol–water partition coefficient (Wildman–Crippen LogP) is 3.46. The van der Waals surface area contributed by atoms with Gasteiger partial charge in [-0.2, -0.15) is 0 Å². The summed E-state index contributed by atoms with van der Waals surface area (Å²) in [5.41, 5.74) is 0.318. The van der Waals surface area contributed by atoms with Crippen molar-refractivity contribution in [2.45, 2.75) is 0 Å². The number of carbonyl (C=O) groups is 1. The fourth-order valence-corrected chi connectivity index (χ4v) is 3.42. The van der Waals surface area contributed by atoms with Crippen LogP contribution in [0.25, 0.3) is 16.5 Å². The van der Waals surface area contributed by atoms with Gasteiger partial charge >= 0.3 is 0 Å². The Labute approximate surface area is 175 Å². The van der Waals surface area contributed by atoms with Crippen molar-refractivity contribution in [3.63, 3.8) is 0 Å². The van der Waals surface area contributed by atoms with Crippen LogP contribution in [0.4, 0.5) is 5.69 Å². The zero-order chi connectivity index (χ0) is 21.3. The monoisotopic (exact) mass is 417 g/mol. The maximum absolute atomic E-state index is 13.1. The Kier molecular flexibility index (Phi) is 5.08. The van der Waals surface area contributed by atoms with Crippen LogP contribution in [0, 0.1) is 0 Å². The Morgan fingerprint density at radius 1 is 1.00 bits per heavy atom. The molecule has 3 aromatic carbocycles. The molecule has 7 heteroatoms. The number of nitrogens with zero attached hydrogens (tertiary/aromatic N) is 2. The Morgan fingerprint density at radius 2 is 1.70 bits per heavy atom. The Hall–Kier alpha value is -3.90. The maximum atomic E-state index is 13.1. The number of pyridine rings is 1. The third kappa shape index (κ3) is 3.44. The zero-order valence-corrected chi connectivity index (χ0v) is 16.2. The second kappa shape index (κ2) is 7.85. The predicted molar refractivity (Wildman–Crippen MR) is 114 cm³/mol. The number of carboxylic acid groups (broad SMARTS) is 1. The van der Waals surface area contributed by atoms with E-state index in [9.17, 15) is 19.8 Å². The first-order valence-corrected chi connectivity index (χ1v) is 9.32. The van der Waals surface area contributed by atoms with Gasteiger partial charge in [-0.15, -0.1) is 0 Å². The molecule has 0 amide bonds. The Balaban J connectivity index is 1.99. The summed E-state index contributed by atoms with van der Waals surface area (Å²) in [6, 6.07) is 19.4. The van der Waals surface area contributed by atoms with Gasteiger partial charge in [0.2, 0.25) is 5.88 Å². The summed E-state index contributed by atoms with van der Waals surface area (Å²) < 4.78 is 1.14.